The number of nitrogens with zero attached hydrogens (tertiary/aromatic N) is 2. The number of hydrazine groups is 1. The van der Waals surface area contributed by atoms with Crippen LogP contribution in [-0.2, 0) is 7.05 Å². The molecule has 2 aromatic rings. The highest BCUT2D eigenvalue weighted by atomic mass is 19.2. The van der Waals surface area contributed by atoms with Gasteiger partial charge in [-0.2, -0.15) is 5.10 Å². The fourth-order valence-corrected chi connectivity index (χ4v) is 1.96. The monoisotopic (exact) mass is 252 g/mol. The number of aryl methyl sites for hydroxylation is 2. The molecule has 1 unspecified atom stereocenters. The molecule has 96 valence electrons. The number of hydrogen-bond acceptors (Lipinski definition) is 3. The van der Waals surface area contributed by atoms with E-state index in [9.17, 15) is 8.78 Å². The molecule has 1 aromatic heterocycles. The summed E-state index contributed by atoms with van der Waals surface area (Å²) < 4.78 is 27.8. The van der Waals surface area contributed by atoms with E-state index in [1.54, 1.807) is 17.9 Å². The van der Waals surface area contributed by atoms with Gasteiger partial charge in [-0.1, -0.05) is 6.07 Å². The summed E-state index contributed by atoms with van der Waals surface area (Å²) in [5.74, 6) is 3.73. The smallest absolute Gasteiger partial charge is 0.159 e. The molecule has 6 heteroatoms. The van der Waals surface area contributed by atoms with Crippen molar-refractivity contribution >= 4 is 0 Å². The lowest BCUT2D eigenvalue weighted by atomic mass is 10.00. The molecule has 1 heterocycles. The topological polar surface area (TPSA) is 55.9 Å². The second kappa shape index (κ2) is 4.83. The van der Waals surface area contributed by atoms with Crippen LogP contribution in [0.3, 0.4) is 0 Å². The Morgan fingerprint density at radius 1 is 1.33 bits per heavy atom. The van der Waals surface area contributed by atoms with Gasteiger partial charge in [0.25, 0.3) is 0 Å². The molecule has 2 rings (SSSR count). The molecular weight excluding hydrogens is 238 g/mol. The van der Waals surface area contributed by atoms with Gasteiger partial charge in [0.05, 0.1) is 11.7 Å². The molecule has 1 aromatic carbocycles. The molecular formula is C12H14F2N4. The lowest BCUT2D eigenvalue weighted by Gasteiger charge is -2.15. The fourth-order valence-electron chi connectivity index (χ4n) is 1.96. The van der Waals surface area contributed by atoms with E-state index in [0.717, 1.165) is 23.4 Å². The number of nitrogens with two attached hydrogens (primary N) is 1. The molecule has 0 fully saturated rings. The van der Waals surface area contributed by atoms with Crippen LogP contribution in [0.1, 0.15) is 22.9 Å². The van der Waals surface area contributed by atoms with Crippen molar-refractivity contribution in [1.29, 1.82) is 0 Å². The number of hydrogen-bond donors (Lipinski definition) is 2. The molecule has 0 saturated heterocycles. The summed E-state index contributed by atoms with van der Waals surface area (Å²) in [4.78, 5) is 0. The van der Waals surface area contributed by atoms with E-state index in [1.807, 2.05) is 6.92 Å². The van der Waals surface area contributed by atoms with Gasteiger partial charge in [-0.05, 0) is 24.6 Å². The van der Waals surface area contributed by atoms with Gasteiger partial charge in [-0.25, -0.2) is 14.2 Å². The zero-order valence-electron chi connectivity index (χ0n) is 10.1. The first-order chi connectivity index (χ1) is 8.52. The maximum absolute atomic E-state index is 13.2. The summed E-state index contributed by atoms with van der Waals surface area (Å²) in [5.41, 5.74) is 4.75. The zero-order valence-corrected chi connectivity index (χ0v) is 10.1. The summed E-state index contributed by atoms with van der Waals surface area (Å²) in [6.07, 6.45) is 1.79. The van der Waals surface area contributed by atoms with Crippen LogP contribution >= 0.6 is 0 Å². The summed E-state index contributed by atoms with van der Waals surface area (Å²) in [6, 6.07) is 3.29. The average molecular weight is 252 g/mol. The number of benzene rings is 1. The summed E-state index contributed by atoms with van der Waals surface area (Å²) in [6.45, 7) is 1.83. The van der Waals surface area contributed by atoms with Gasteiger partial charge in [0.15, 0.2) is 11.6 Å². The molecule has 3 N–H and O–H groups in total. The Balaban J connectivity index is 2.45. The molecule has 18 heavy (non-hydrogen) atoms. The van der Waals surface area contributed by atoms with Crippen molar-refractivity contribution in [3.63, 3.8) is 0 Å². The molecule has 1 atom stereocenters. The Kier molecular flexibility index (Phi) is 3.40. The highest BCUT2D eigenvalue weighted by Crippen LogP contribution is 2.24. The molecule has 0 spiro atoms. The highest BCUT2D eigenvalue weighted by molar-refractivity contribution is 5.33. The fraction of sp³-hybridized carbons (Fsp3) is 0.250. The van der Waals surface area contributed by atoms with E-state index < -0.39 is 17.7 Å². The van der Waals surface area contributed by atoms with Crippen molar-refractivity contribution in [3.8, 4) is 0 Å². The van der Waals surface area contributed by atoms with Crippen molar-refractivity contribution in [2.45, 2.75) is 13.0 Å². The quantitative estimate of drug-likeness (QED) is 0.644. The predicted octanol–water partition coefficient (Wildman–Crippen LogP) is 1.56. The molecule has 0 aliphatic carbocycles. The summed E-state index contributed by atoms with van der Waals surface area (Å²) in [5, 5.41) is 4.20. The summed E-state index contributed by atoms with van der Waals surface area (Å²) in [7, 11) is 1.79. The van der Waals surface area contributed by atoms with Gasteiger partial charge in [0.1, 0.15) is 0 Å². The molecule has 0 bridgehead atoms. The third-order valence-electron chi connectivity index (χ3n) is 2.81. The van der Waals surface area contributed by atoms with E-state index >= 15 is 0 Å². The Hall–Kier alpha value is -1.79. The zero-order chi connectivity index (χ0) is 13.3. The second-order valence-electron chi connectivity index (χ2n) is 4.12. The first kappa shape index (κ1) is 12.7. The standard InChI is InChI=1S/C12H14F2N4/c1-7-9(6-18(2)17-7)12(16-15)8-3-4-10(13)11(14)5-8/h3-6,12,16H,15H2,1-2H3. The number of nitrogens with one attached hydrogen (secondary N) is 1. The lowest BCUT2D eigenvalue weighted by Crippen LogP contribution is -2.29. The minimum atomic E-state index is -0.894. The minimum absolute atomic E-state index is 0.422. The maximum Gasteiger partial charge on any atom is 0.159 e. The summed E-state index contributed by atoms with van der Waals surface area (Å²) >= 11 is 0. The van der Waals surface area contributed by atoms with Crippen LogP contribution in [0.4, 0.5) is 8.78 Å². The van der Waals surface area contributed by atoms with E-state index in [0.29, 0.717) is 5.56 Å². The van der Waals surface area contributed by atoms with Gasteiger partial charge >= 0.3 is 0 Å². The van der Waals surface area contributed by atoms with Crippen molar-refractivity contribution in [2.75, 3.05) is 0 Å². The first-order valence-electron chi connectivity index (χ1n) is 5.44. The minimum Gasteiger partial charge on any atom is -0.275 e. The first-order valence-corrected chi connectivity index (χ1v) is 5.44. The maximum atomic E-state index is 13.2. The van der Waals surface area contributed by atoms with Crippen LogP contribution in [0, 0.1) is 18.6 Å². The number of halogens is 2. The highest BCUT2D eigenvalue weighted by Gasteiger charge is 2.18. The SMILES string of the molecule is Cc1nn(C)cc1C(NN)c1ccc(F)c(F)c1. The van der Waals surface area contributed by atoms with Gasteiger partial charge in [-0.3, -0.25) is 10.5 Å². The van der Waals surface area contributed by atoms with Crippen LogP contribution in [0.25, 0.3) is 0 Å². The van der Waals surface area contributed by atoms with E-state index in [-0.39, 0.29) is 0 Å². The largest absolute Gasteiger partial charge is 0.275 e. The van der Waals surface area contributed by atoms with Crippen molar-refractivity contribution in [1.82, 2.24) is 15.2 Å². The molecule has 0 amide bonds. The van der Waals surface area contributed by atoms with Crippen LogP contribution < -0.4 is 11.3 Å². The second-order valence-corrected chi connectivity index (χ2v) is 4.12. The Morgan fingerprint density at radius 3 is 2.56 bits per heavy atom. The molecule has 0 radical (unpaired) electrons. The Morgan fingerprint density at radius 2 is 2.06 bits per heavy atom. The van der Waals surface area contributed by atoms with Gasteiger partial charge in [-0.15, -0.1) is 0 Å². The van der Waals surface area contributed by atoms with Crippen LogP contribution in [0.2, 0.25) is 0 Å². The number of aromatic nitrogens is 2. The number of rotatable bonds is 3. The van der Waals surface area contributed by atoms with Gasteiger partial charge < -0.3 is 0 Å². The third kappa shape index (κ3) is 2.25. The average Bonchev–Trinajstić information content (AvgIpc) is 2.64. The molecule has 4 nitrogen and oxygen atoms in total. The Bertz CT molecular complexity index is 565. The lowest BCUT2D eigenvalue weighted by molar-refractivity contribution is 0.504. The van der Waals surface area contributed by atoms with E-state index in [4.69, 9.17) is 5.84 Å². The van der Waals surface area contributed by atoms with Crippen molar-refractivity contribution in [3.05, 3.63) is 52.9 Å². The molecule has 0 saturated carbocycles. The van der Waals surface area contributed by atoms with Gasteiger partial charge in [0.2, 0.25) is 0 Å². The normalized spacial score (nSPS) is 12.7. The Labute approximate surface area is 103 Å². The predicted molar refractivity (Wildman–Crippen MR) is 63.5 cm³/mol. The van der Waals surface area contributed by atoms with Gasteiger partial charge in [0, 0.05) is 18.8 Å². The van der Waals surface area contributed by atoms with Crippen molar-refractivity contribution in [2.24, 2.45) is 12.9 Å². The van der Waals surface area contributed by atoms with Crippen LogP contribution in [0.15, 0.2) is 24.4 Å². The van der Waals surface area contributed by atoms with Crippen LogP contribution in [-0.4, -0.2) is 9.78 Å². The molecule has 0 aliphatic rings. The van der Waals surface area contributed by atoms with E-state index in [1.165, 1.54) is 6.07 Å². The van der Waals surface area contributed by atoms with E-state index in [2.05, 4.69) is 10.5 Å². The third-order valence-corrected chi connectivity index (χ3v) is 2.81. The molecule has 0 aliphatic heterocycles. The van der Waals surface area contributed by atoms with Crippen molar-refractivity contribution < 1.29 is 8.78 Å². The van der Waals surface area contributed by atoms with Crippen LogP contribution in [0.5, 0.6) is 0 Å².